The molecular formula is C48H47Cl2N7O7S. The Hall–Kier alpha value is -6.13. The van der Waals surface area contributed by atoms with Gasteiger partial charge in [-0.15, -0.1) is 0 Å². The first-order chi connectivity index (χ1) is 31.2. The molecule has 0 spiro atoms. The molecule has 0 unspecified atom stereocenters. The van der Waals surface area contributed by atoms with Gasteiger partial charge in [-0.2, -0.15) is 0 Å². The van der Waals surface area contributed by atoms with Crippen LogP contribution in [0.15, 0.2) is 114 Å². The number of pyridine rings is 1. The molecule has 17 heteroatoms. The fraction of sp³-hybridized carbons (Fsp3) is 0.292. The van der Waals surface area contributed by atoms with Crippen LogP contribution in [0.4, 0.5) is 17.1 Å². The summed E-state index contributed by atoms with van der Waals surface area (Å²) in [6, 6.07) is 25.7. The molecule has 0 saturated carbocycles. The second-order valence-corrected chi connectivity index (χ2v) is 20.0. The molecule has 1 saturated heterocycles. The molecule has 0 radical (unpaired) electrons. The highest BCUT2D eigenvalue weighted by atomic mass is 35.5. The number of nitrogens with one attached hydrogen (secondary N) is 3. The van der Waals surface area contributed by atoms with Crippen molar-refractivity contribution < 1.29 is 27.6 Å². The van der Waals surface area contributed by atoms with Crippen LogP contribution in [0.2, 0.25) is 10.0 Å². The number of nitrogens with zero attached hydrogens (tertiary/aromatic N) is 4. The van der Waals surface area contributed by atoms with Gasteiger partial charge in [0, 0.05) is 78.2 Å². The molecule has 0 bridgehead atoms. The van der Waals surface area contributed by atoms with Crippen LogP contribution in [-0.4, -0.2) is 79.5 Å². The van der Waals surface area contributed by atoms with Crippen molar-refractivity contribution >= 4 is 72.8 Å². The summed E-state index contributed by atoms with van der Waals surface area (Å²) in [6.07, 6.45) is 6.84. The van der Waals surface area contributed by atoms with Crippen molar-refractivity contribution in [2.45, 2.75) is 50.5 Å². The number of aromatic amines is 1. The van der Waals surface area contributed by atoms with E-state index in [2.05, 4.69) is 55.8 Å². The van der Waals surface area contributed by atoms with Crippen molar-refractivity contribution in [1.29, 1.82) is 0 Å². The lowest BCUT2D eigenvalue weighted by Crippen LogP contribution is -2.47. The molecule has 3 aliphatic rings. The number of halogens is 2. The molecule has 2 aromatic heterocycles. The van der Waals surface area contributed by atoms with Gasteiger partial charge in [-0.3, -0.25) is 19.8 Å². The highest BCUT2D eigenvalue weighted by molar-refractivity contribution is 7.90. The number of hydrogen-bond acceptors (Lipinski definition) is 11. The third kappa shape index (κ3) is 9.79. The average molecular weight is 937 g/mol. The van der Waals surface area contributed by atoms with Crippen LogP contribution in [0, 0.1) is 15.5 Å². The van der Waals surface area contributed by atoms with Crippen molar-refractivity contribution in [3.8, 4) is 17.2 Å². The monoisotopic (exact) mass is 935 g/mol. The molecule has 14 nitrogen and oxygen atoms in total. The summed E-state index contributed by atoms with van der Waals surface area (Å²) in [5.74, 6) is -0.596. The van der Waals surface area contributed by atoms with Gasteiger partial charge in [0.2, 0.25) is 0 Å². The Morgan fingerprint density at radius 1 is 1.02 bits per heavy atom. The molecule has 1 amide bonds. The number of piperazine rings is 1. The van der Waals surface area contributed by atoms with E-state index < -0.39 is 31.4 Å². The van der Waals surface area contributed by atoms with E-state index in [1.807, 2.05) is 30.3 Å². The maximum atomic E-state index is 14.1. The van der Waals surface area contributed by atoms with E-state index in [9.17, 15) is 23.3 Å². The lowest BCUT2D eigenvalue weighted by atomic mass is 9.72. The number of sulfonamides is 1. The third-order valence-corrected chi connectivity index (χ3v) is 14.3. The molecular weight excluding hydrogens is 890 g/mol. The predicted octanol–water partition coefficient (Wildman–Crippen LogP) is 9.89. The number of anilines is 2. The molecule has 1 fully saturated rings. The second-order valence-electron chi connectivity index (χ2n) is 17.5. The van der Waals surface area contributed by atoms with E-state index in [0.717, 1.165) is 66.6 Å². The number of fused-ring (bicyclic) bond motifs is 2. The third-order valence-electron chi connectivity index (χ3n) is 12.3. The maximum absolute atomic E-state index is 14.1. The topological polar surface area (TPSA) is 172 Å². The van der Waals surface area contributed by atoms with Gasteiger partial charge in [0.15, 0.2) is 11.4 Å². The second kappa shape index (κ2) is 18.0. The van der Waals surface area contributed by atoms with Gasteiger partial charge in [0.05, 0.1) is 27.6 Å². The van der Waals surface area contributed by atoms with Crippen LogP contribution in [0.1, 0.15) is 54.6 Å². The molecule has 336 valence electrons. The summed E-state index contributed by atoms with van der Waals surface area (Å²) in [5, 5.41) is 17.5. The molecule has 1 aliphatic carbocycles. The number of nitro groups is 1. The first-order valence-electron chi connectivity index (χ1n) is 21.4. The zero-order chi connectivity index (χ0) is 45.5. The molecule has 2 aliphatic heterocycles. The van der Waals surface area contributed by atoms with Gasteiger partial charge < -0.3 is 24.7 Å². The van der Waals surface area contributed by atoms with Gasteiger partial charge in [0.25, 0.3) is 21.6 Å². The fourth-order valence-corrected chi connectivity index (χ4v) is 10.2. The highest BCUT2D eigenvalue weighted by Crippen LogP contribution is 2.44. The van der Waals surface area contributed by atoms with Crippen molar-refractivity contribution in [2.75, 3.05) is 49.5 Å². The molecule has 3 N–H and O–H groups in total. The largest absolute Gasteiger partial charge is 0.489 e. The quantitative estimate of drug-likeness (QED) is 0.0788. The first-order valence-corrected chi connectivity index (χ1v) is 23.6. The lowest BCUT2D eigenvalue weighted by Gasteiger charge is -2.39. The molecule has 4 heterocycles. The van der Waals surface area contributed by atoms with Gasteiger partial charge >= 0.3 is 0 Å². The number of hydrogen-bond donors (Lipinski definition) is 3. The van der Waals surface area contributed by atoms with Crippen LogP contribution in [0.5, 0.6) is 17.2 Å². The Morgan fingerprint density at radius 3 is 2.57 bits per heavy atom. The Kier molecular flexibility index (Phi) is 12.2. The Labute approximate surface area is 386 Å². The number of benzene rings is 4. The standard InChI is InChI=1S/C48H47Cl2N7O7S/c1-48(2)15-13-33(40(26-48)30-7-9-34(49)10-8-30)28-55-17-19-56(20-18-55)36-11-12-39(43(23-36)64-37-22-32-14-16-51-46(32)52-27-37)47(58)54-65(61,62)38-24-42(57(59)60)45-44(25-38)63-29-35(53-45)21-31-5-3-4-6-41(31)50/h3-12,14,16,22-25,27,35,53H,13,15,17-21,26,28-29H2,1-2H3,(H,51,52)(H,54,58)/t35-/m1/s1. The van der Waals surface area contributed by atoms with Crippen molar-refractivity contribution in [1.82, 2.24) is 19.6 Å². The van der Waals surface area contributed by atoms with E-state index in [1.54, 1.807) is 36.5 Å². The van der Waals surface area contributed by atoms with Crippen molar-refractivity contribution in [2.24, 2.45) is 5.41 Å². The zero-order valence-corrected chi connectivity index (χ0v) is 38.1. The number of H-pyrrole nitrogens is 1. The summed E-state index contributed by atoms with van der Waals surface area (Å²) in [4.78, 5) is 37.3. The number of aromatic nitrogens is 2. The smallest absolute Gasteiger partial charge is 0.297 e. The van der Waals surface area contributed by atoms with Crippen LogP contribution in [-0.2, 0) is 16.4 Å². The number of nitro benzene ring substituents is 1. The van der Waals surface area contributed by atoms with E-state index in [1.165, 1.54) is 35.0 Å². The summed E-state index contributed by atoms with van der Waals surface area (Å²) in [7, 11) is -4.68. The summed E-state index contributed by atoms with van der Waals surface area (Å²) >= 11 is 12.6. The molecule has 6 aromatic rings. The van der Waals surface area contributed by atoms with Crippen LogP contribution in [0.3, 0.4) is 0 Å². The molecule has 65 heavy (non-hydrogen) atoms. The van der Waals surface area contributed by atoms with E-state index in [0.29, 0.717) is 35.9 Å². The van der Waals surface area contributed by atoms with Gasteiger partial charge in [-0.05, 0) is 90.3 Å². The molecule has 1 atom stereocenters. The number of carbonyl (C=O) groups excluding carboxylic acids is 1. The molecule has 9 rings (SSSR count). The normalized spacial score (nSPS) is 17.5. The summed E-state index contributed by atoms with van der Waals surface area (Å²) in [5.41, 5.74) is 5.99. The first kappa shape index (κ1) is 44.1. The average Bonchev–Trinajstić information content (AvgIpc) is 3.76. The van der Waals surface area contributed by atoms with Crippen molar-refractivity contribution in [3.63, 3.8) is 0 Å². The van der Waals surface area contributed by atoms with Crippen LogP contribution in [0.25, 0.3) is 16.6 Å². The number of amides is 1. The Morgan fingerprint density at radius 2 is 1.80 bits per heavy atom. The van der Waals surface area contributed by atoms with Gasteiger partial charge in [-0.1, -0.05) is 73.0 Å². The lowest BCUT2D eigenvalue weighted by molar-refractivity contribution is -0.384. The minimum Gasteiger partial charge on any atom is -0.489 e. The predicted molar refractivity (Wildman–Crippen MR) is 253 cm³/mol. The highest BCUT2D eigenvalue weighted by Gasteiger charge is 2.33. The van der Waals surface area contributed by atoms with Gasteiger partial charge in [0.1, 0.15) is 23.8 Å². The van der Waals surface area contributed by atoms with Gasteiger partial charge in [-0.25, -0.2) is 18.1 Å². The molecule has 4 aromatic carbocycles. The van der Waals surface area contributed by atoms with E-state index in [4.69, 9.17) is 32.7 Å². The fourth-order valence-electron chi connectivity index (χ4n) is 8.83. The van der Waals surface area contributed by atoms with E-state index >= 15 is 0 Å². The Bertz CT molecular complexity index is 2950. The van der Waals surface area contributed by atoms with Crippen molar-refractivity contribution in [3.05, 3.63) is 146 Å². The number of ether oxygens (including phenoxy) is 2. The number of allylic oxidation sites excluding steroid dienone is 1. The van der Waals surface area contributed by atoms with Crippen LogP contribution < -0.4 is 24.4 Å². The van der Waals surface area contributed by atoms with E-state index in [-0.39, 0.29) is 40.8 Å². The summed E-state index contributed by atoms with van der Waals surface area (Å²) in [6.45, 7) is 8.64. The summed E-state index contributed by atoms with van der Waals surface area (Å²) < 4.78 is 42.2. The Balaban J connectivity index is 0.945. The number of rotatable bonds is 12. The SMILES string of the molecule is CC1(C)CCC(CN2CCN(c3ccc(C(=O)NS(=O)(=O)c4cc5c(c([N+](=O)[O-])c4)N[C@H](Cc4ccccc4Cl)CO5)c(Oc4cnc5[nH]ccc5c4)c3)CC2)=C(c2ccc(Cl)cc2)C1. The van der Waals surface area contributed by atoms with Crippen LogP contribution >= 0.6 is 23.2 Å². The maximum Gasteiger partial charge on any atom is 0.297 e. The zero-order valence-electron chi connectivity index (χ0n) is 35.8. The minimum absolute atomic E-state index is 0.0292. The number of carbonyl (C=O) groups is 1. The minimum atomic E-state index is -4.68.